The third-order valence-electron chi connectivity index (χ3n) is 4.20. The molecule has 0 aromatic heterocycles. The van der Waals surface area contributed by atoms with Crippen molar-refractivity contribution in [2.75, 3.05) is 26.3 Å². The van der Waals surface area contributed by atoms with Gasteiger partial charge in [0.05, 0.1) is 11.0 Å². The summed E-state index contributed by atoms with van der Waals surface area (Å²) in [5.74, 6) is 0.470. The van der Waals surface area contributed by atoms with Crippen molar-refractivity contribution in [1.82, 2.24) is 10.0 Å². The van der Waals surface area contributed by atoms with Crippen LogP contribution in [0.2, 0.25) is 0 Å². The Morgan fingerprint density at radius 1 is 1.28 bits per heavy atom. The Kier molecular flexibility index (Phi) is 6.09. The number of ether oxygens (including phenoxy) is 2. The van der Waals surface area contributed by atoms with Crippen LogP contribution in [0.4, 0.5) is 5.69 Å². The maximum atomic E-state index is 12.7. The number of rotatable bonds is 4. The molecule has 11 heteroatoms. The fourth-order valence-corrected chi connectivity index (χ4v) is 4.42. The molecular weight excluding hydrogens is 374 g/mol. The van der Waals surface area contributed by atoms with Crippen LogP contribution in [0.3, 0.4) is 0 Å². The van der Waals surface area contributed by atoms with E-state index in [1.165, 1.54) is 6.07 Å². The van der Waals surface area contributed by atoms with E-state index in [0.29, 0.717) is 19.5 Å². The van der Waals surface area contributed by atoms with Crippen LogP contribution in [0.15, 0.2) is 17.0 Å². The Bertz CT molecular complexity index is 757. The van der Waals surface area contributed by atoms with E-state index in [-0.39, 0.29) is 49.1 Å². The molecule has 2 aliphatic rings. The standard InChI is InChI=1S/C14H19N3O6S.ClH/c1-9-8-15-3-2-10(9)16-24(20,21)14-7-13-12(22-4-5-23-13)6-11(14)17(18)19;/h6-7,9-10,15-16H,2-5,8H2,1H3;1H. The highest BCUT2D eigenvalue weighted by Gasteiger charge is 2.33. The summed E-state index contributed by atoms with van der Waals surface area (Å²) in [4.78, 5) is 10.2. The highest BCUT2D eigenvalue weighted by molar-refractivity contribution is 7.89. The number of nitrogens with zero attached hydrogens (tertiary/aromatic N) is 1. The van der Waals surface area contributed by atoms with Crippen molar-refractivity contribution in [3.8, 4) is 11.5 Å². The van der Waals surface area contributed by atoms with Crippen molar-refractivity contribution in [2.45, 2.75) is 24.3 Å². The van der Waals surface area contributed by atoms with E-state index in [1.807, 2.05) is 6.92 Å². The summed E-state index contributed by atoms with van der Waals surface area (Å²) in [6.07, 6.45) is 0.624. The number of benzene rings is 1. The lowest BCUT2D eigenvalue weighted by Gasteiger charge is -2.30. The summed E-state index contributed by atoms with van der Waals surface area (Å²) >= 11 is 0. The number of nitro groups is 1. The Labute approximate surface area is 151 Å². The second-order valence-corrected chi connectivity index (χ2v) is 7.60. The molecule has 0 radical (unpaired) electrons. The van der Waals surface area contributed by atoms with Gasteiger partial charge in [-0.25, -0.2) is 13.1 Å². The van der Waals surface area contributed by atoms with Gasteiger partial charge in [0.25, 0.3) is 5.69 Å². The number of sulfonamides is 1. The minimum atomic E-state index is -4.06. The molecule has 1 saturated heterocycles. The number of nitrogens with one attached hydrogen (secondary N) is 2. The maximum Gasteiger partial charge on any atom is 0.293 e. The van der Waals surface area contributed by atoms with Crippen LogP contribution in [0.1, 0.15) is 13.3 Å². The zero-order valence-electron chi connectivity index (χ0n) is 13.6. The van der Waals surface area contributed by atoms with E-state index < -0.39 is 25.5 Å². The number of hydrogen-bond acceptors (Lipinski definition) is 7. The van der Waals surface area contributed by atoms with E-state index >= 15 is 0 Å². The molecule has 2 heterocycles. The average molecular weight is 394 g/mol. The third kappa shape index (κ3) is 4.14. The predicted octanol–water partition coefficient (Wildman–Crippen LogP) is 1.06. The number of hydrogen-bond donors (Lipinski definition) is 2. The van der Waals surface area contributed by atoms with Crippen LogP contribution in [0.25, 0.3) is 0 Å². The molecule has 0 bridgehead atoms. The zero-order chi connectivity index (χ0) is 17.3. The van der Waals surface area contributed by atoms with Crippen LogP contribution in [-0.2, 0) is 10.0 Å². The smallest absolute Gasteiger partial charge is 0.293 e. The van der Waals surface area contributed by atoms with Crippen molar-refractivity contribution in [3.63, 3.8) is 0 Å². The van der Waals surface area contributed by atoms with Gasteiger partial charge in [-0.15, -0.1) is 12.4 Å². The van der Waals surface area contributed by atoms with E-state index in [0.717, 1.165) is 6.07 Å². The Morgan fingerprint density at radius 3 is 2.52 bits per heavy atom. The first-order valence-electron chi connectivity index (χ1n) is 7.69. The largest absolute Gasteiger partial charge is 0.486 e. The zero-order valence-corrected chi connectivity index (χ0v) is 15.2. The van der Waals surface area contributed by atoms with Crippen LogP contribution >= 0.6 is 12.4 Å². The molecule has 1 aromatic rings. The Hall–Kier alpha value is -1.62. The molecule has 0 saturated carbocycles. The van der Waals surface area contributed by atoms with Gasteiger partial charge in [-0.05, 0) is 25.4 Å². The molecule has 1 aromatic carbocycles. The summed E-state index contributed by atoms with van der Waals surface area (Å²) < 4.78 is 38.7. The lowest BCUT2D eigenvalue weighted by Crippen LogP contribution is -2.48. The molecule has 0 spiro atoms. The maximum absolute atomic E-state index is 12.7. The number of fused-ring (bicyclic) bond motifs is 1. The van der Waals surface area contributed by atoms with E-state index in [9.17, 15) is 18.5 Å². The van der Waals surface area contributed by atoms with Gasteiger partial charge in [-0.1, -0.05) is 6.92 Å². The van der Waals surface area contributed by atoms with Crippen molar-refractivity contribution in [1.29, 1.82) is 0 Å². The Morgan fingerprint density at radius 2 is 1.92 bits per heavy atom. The van der Waals surface area contributed by atoms with Gasteiger partial charge >= 0.3 is 0 Å². The first kappa shape index (κ1) is 19.7. The molecule has 9 nitrogen and oxygen atoms in total. The molecule has 140 valence electrons. The first-order chi connectivity index (χ1) is 11.4. The van der Waals surface area contributed by atoms with Crippen LogP contribution < -0.4 is 19.5 Å². The molecule has 2 unspecified atom stereocenters. The first-order valence-corrected chi connectivity index (χ1v) is 9.18. The summed E-state index contributed by atoms with van der Waals surface area (Å²) in [5, 5.41) is 14.5. The lowest BCUT2D eigenvalue weighted by atomic mass is 9.97. The predicted molar refractivity (Wildman–Crippen MR) is 92.1 cm³/mol. The highest BCUT2D eigenvalue weighted by Crippen LogP contribution is 2.38. The van der Waals surface area contributed by atoms with Crippen LogP contribution in [0, 0.1) is 16.0 Å². The van der Waals surface area contributed by atoms with Crippen LogP contribution in [0.5, 0.6) is 11.5 Å². The SMILES string of the molecule is CC1CNCCC1NS(=O)(=O)c1cc2c(cc1[N+](=O)[O-])OCCO2.Cl. The lowest BCUT2D eigenvalue weighted by molar-refractivity contribution is -0.388. The van der Waals surface area contributed by atoms with Crippen molar-refractivity contribution >= 4 is 28.1 Å². The molecule has 2 aliphatic heterocycles. The number of halogens is 1. The van der Waals surface area contributed by atoms with Gasteiger partial charge in [-0.3, -0.25) is 10.1 Å². The molecule has 2 atom stereocenters. The summed E-state index contributed by atoms with van der Waals surface area (Å²) in [6.45, 7) is 3.85. The second-order valence-electron chi connectivity index (χ2n) is 5.92. The molecule has 3 rings (SSSR count). The topological polar surface area (TPSA) is 120 Å². The number of piperidine rings is 1. The third-order valence-corrected chi connectivity index (χ3v) is 5.72. The van der Waals surface area contributed by atoms with Gasteiger partial charge < -0.3 is 14.8 Å². The monoisotopic (exact) mass is 393 g/mol. The minimum absolute atomic E-state index is 0. The number of nitro benzene ring substituents is 1. The van der Waals surface area contributed by atoms with Crippen molar-refractivity contribution in [3.05, 3.63) is 22.2 Å². The molecule has 0 aliphatic carbocycles. The fraction of sp³-hybridized carbons (Fsp3) is 0.571. The van der Waals surface area contributed by atoms with E-state index in [2.05, 4.69) is 10.0 Å². The molecule has 25 heavy (non-hydrogen) atoms. The van der Waals surface area contributed by atoms with Gasteiger partial charge in [0.15, 0.2) is 16.4 Å². The van der Waals surface area contributed by atoms with Crippen molar-refractivity contribution in [2.24, 2.45) is 5.92 Å². The van der Waals surface area contributed by atoms with E-state index in [4.69, 9.17) is 9.47 Å². The summed E-state index contributed by atoms with van der Waals surface area (Å²) in [6, 6.07) is 2.00. The fourth-order valence-electron chi connectivity index (χ4n) is 2.87. The van der Waals surface area contributed by atoms with Crippen LogP contribution in [-0.4, -0.2) is 45.7 Å². The summed E-state index contributed by atoms with van der Waals surface area (Å²) in [5.41, 5.74) is -0.520. The molecular formula is C14H20ClN3O6S. The van der Waals surface area contributed by atoms with Gasteiger partial charge in [0, 0.05) is 12.1 Å². The van der Waals surface area contributed by atoms with Gasteiger partial charge in [0.1, 0.15) is 13.2 Å². The molecule has 1 fully saturated rings. The highest BCUT2D eigenvalue weighted by atomic mass is 35.5. The minimum Gasteiger partial charge on any atom is -0.486 e. The van der Waals surface area contributed by atoms with E-state index in [1.54, 1.807) is 0 Å². The Balaban J connectivity index is 0.00000225. The molecule has 0 amide bonds. The summed E-state index contributed by atoms with van der Waals surface area (Å²) in [7, 11) is -4.06. The normalized spacial score (nSPS) is 22.8. The van der Waals surface area contributed by atoms with Gasteiger partial charge in [-0.2, -0.15) is 0 Å². The van der Waals surface area contributed by atoms with Crippen molar-refractivity contribution < 1.29 is 22.8 Å². The average Bonchev–Trinajstić information content (AvgIpc) is 2.55. The quantitative estimate of drug-likeness (QED) is 0.579. The van der Waals surface area contributed by atoms with Gasteiger partial charge in [0.2, 0.25) is 10.0 Å². The second kappa shape index (κ2) is 7.73. The molecule has 2 N–H and O–H groups in total.